The minimum absolute atomic E-state index is 0.0302. The average Bonchev–Trinajstić information content (AvgIpc) is 2.47. The summed E-state index contributed by atoms with van der Waals surface area (Å²) in [7, 11) is 0. The molecule has 0 N–H and O–H groups in total. The van der Waals surface area contributed by atoms with E-state index in [4.69, 9.17) is 9.47 Å². The van der Waals surface area contributed by atoms with Crippen molar-refractivity contribution in [1.82, 2.24) is 4.90 Å². The topological polar surface area (TPSA) is 51.1 Å². The van der Waals surface area contributed by atoms with Crippen LogP contribution in [-0.4, -0.2) is 49.2 Å². The van der Waals surface area contributed by atoms with Crippen molar-refractivity contribution in [2.24, 2.45) is 4.99 Å². The van der Waals surface area contributed by atoms with Crippen LogP contribution in [0.15, 0.2) is 29.3 Å². The zero-order valence-electron chi connectivity index (χ0n) is 12.8. The molecule has 2 rings (SSSR count). The maximum Gasteiger partial charge on any atom is 0.295 e. The predicted molar refractivity (Wildman–Crippen MR) is 81.6 cm³/mol. The van der Waals surface area contributed by atoms with E-state index in [0.717, 1.165) is 5.56 Å². The summed E-state index contributed by atoms with van der Waals surface area (Å²) in [6.07, 6.45) is -0.0302. The number of hydrogen-bond donors (Lipinski definition) is 0. The quantitative estimate of drug-likeness (QED) is 0.619. The van der Waals surface area contributed by atoms with E-state index in [1.54, 1.807) is 12.1 Å². The fraction of sp³-hybridized carbons (Fsp3) is 0.500. The van der Waals surface area contributed by atoms with E-state index in [1.165, 1.54) is 0 Å². The molecule has 0 aliphatic carbocycles. The van der Waals surface area contributed by atoms with Crippen molar-refractivity contribution in [3.8, 4) is 0 Å². The first-order chi connectivity index (χ1) is 10.1. The van der Waals surface area contributed by atoms with Crippen molar-refractivity contribution < 1.29 is 14.3 Å². The summed E-state index contributed by atoms with van der Waals surface area (Å²) >= 11 is 0. The van der Waals surface area contributed by atoms with Crippen LogP contribution >= 0.6 is 0 Å². The van der Waals surface area contributed by atoms with Gasteiger partial charge in [-0.2, -0.15) is 4.99 Å². The maximum absolute atomic E-state index is 12.3. The minimum atomic E-state index is -0.280. The van der Waals surface area contributed by atoms with Gasteiger partial charge in [-0.25, -0.2) is 0 Å². The van der Waals surface area contributed by atoms with Gasteiger partial charge in [0.1, 0.15) is 0 Å². The summed E-state index contributed by atoms with van der Waals surface area (Å²) in [4.78, 5) is 18.4. The second-order valence-corrected chi connectivity index (χ2v) is 5.33. The predicted octanol–water partition coefficient (Wildman–Crippen LogP) is 2.25. The summed E-state index contributed by atoms with van der Waals surface area (Å²) in [6, 6.07) is 7.76. The molecule has 0 radical (unpaired) electrons. The molecule has 5 heteroatoms. The number of amides is 1. The van der Waals surface area contributed by atoms with Crippen molar-refractivity contribution in [2.45, 2.75) is 26.9 Å². The molecule has 114 valence electrons. The Morgan fingerprint density at radius 3 is 2.43 bits per heavy atom. The number of aliphatic imine (C=N–C) groups is 1. The molecule has 1 fully saturated rings. The largest absolute Gasteiger partial charge is 0.462 e. The molecule has 1 saturated heterocycles. The molecule has 1 amide bonds. The zero-order valence-corrected chi connectivity index (χ0v) is 12.8. The molecule has 0 spiro atoms. The van der Waals surface area contributed by atoms with Crippen molar-refractivity contribution >= 4 is 11.9 Å². The Labute approximate surface area is 125 Å². The van der Waals surface area contributed by atoms with Crippen molar-refractivity contribution in [3.05, 3.63) is 35.4 Å². The van der Waals surface area contributed by atoms with Gasteiger partial charge in [0, 0.05) is 18.7 Å². The van der Waals surface area contributed by atoms with Gasteiger partial charge in [0.15, 0.2) is 0 Å². The van der Waals surface area contributed by atoms with Crippen molar-refractivity contribution in [2.75, 3.05) is 26.3 Å². The number of benzene rings is 1. The summed E-state index contributed by atoms with van der Waals surface area (Å²) in [5.74, 6) is -0.280. The summed E-state index contributed by atoms with van der Waals surface area (Å²) in [5.41, 5.74) is 1.68. The monoisotopic (exact) mass is 290 g/mol. The lowest BCUT2D eigenvalue weighted by Crippen LogP contribution is -2.43. The first-order valence-electron chi connectivity index (χ1n) is 7.25. The third-order valence-electron chi connectivity index (χ3n) is 3.12. The molecule has 0 atom stereocenters. The average molecular weight is 290 g/mol. The number of aryl methyl sites for hydroxylation is 1. The molecule has 0 bridgehead atoms. The smallest absolute Gasteiger partial charge is 0.295 e. The molecule has 0 saturated carbocycles. The van der Waals surface area contributed by atoms with Crippen LogP contribution in [0.3, 0.4) is 0 Å². The standard InChI is InChI=1S/C16H22N2O3/c1-12(2)21-16(18-8-10-20-11-9-18)17-15(19)14-6-4-13(3)5-7-14/h4-7,12H,8-11H2,1-3H3. The number of ether oxygens (including phenoxy) is 2. The molecule has 1 aromatic rings. The Kier molecular flexibility index (Phi) is 5.33. The fourth-order valence-electron chi connectivity index (χ4n) is 1.98. The van der Waals surface area contributed by atoms with E-state index in [2.05, 4.69) is 4.99 Å². The highest BCUT2D eigenvalue weighted by Crippen LogP contribution is 2.08. The molecule has 1 heterocycles. The maximum atomic E-state index is 12.3. The number of amidine groups is 1. The van der Waals surface area contributed by atoms with Crippen LogP contribution in [0.5, 0.6) is 0 Å². The van der Waals surface area contributed by atoms with Crippen LogP contribution in [0, 0.1) is 6.92 Å². The molecule has 0 aromatic heterocycles. The molecular formula is C16H22N2O3. The summed E-state index contributed by atoms with van der Waals surface area (Å²) < 4.78 is 11.0. The number of nitrogens with zero attached hydrogens (tertiary/aromatic N) is 2. The lowest BCUT2D eigenvalue weighted by Gasteiger charge is -2.29. The van der Waals surface area contributed by atoms with Crippen LogP contribution in [-0.2, 0) is 9.47 Å². The molecule has 1 aliphatic rings. The van der Waals surface area contributed by atoms with Crippen molar-refractivity contribution in [1.29, 1.82) is 0 Å². The SMILES string of the molecule is Cc1ccc(C(=O)N=C(OC(C)C)N2CCOCC2)cc1. The summed E-state index contributed by atoms with van der Waals surface area (Å²) in [6.45, 7) is 8.45. The molecule has 21 heavy (non-hydrogen) atoms. The number of morpholine rings is 1. The normalized spacial score (nSPS) is 16.2. The molecular weight excluding hydrogens is 268 g/mol. The van der Waals surface area contributed by atoms with Gasteiger partial charge in [-0.1, -0.05) is 17.7 Å². The summed E-state index contributed by atoms with van der Waals surface area (Å²) in [5, 5.41) is 0. The molecule has 5 nitrogen and oxygen atoms in total. The highest BCUT2D eigenvalue weighted by Gasteiger charge is 2.19. The van der Waals surface area contributed by atoms with Gasteiger partial charge >= 0.3 is 0 Å². The highest BCUT2D eigenvalue weighted by atomic mass is 16.5. The van der Waals surface area contributed by atoms with Gasteiger partial charge in [0.05, 0.1) is 19.3 Å². The highest BCUT2D eigenvalue weighted by molar-refractivity contribution is 6.01. The van der Waals surface area contributed by atoms with Crippen LogP contribution in [0.4, 0.5) is 0 Å². The van der Waals surface area contributed by atoms with E-state index in [9.17, 15) is 4.79 Å². The van der Waals surface area contributed by atoms with Gasteiger partial charge in [-0.3, -0.25) is 4.79 Å². The molecule has 1 aliphatic heterocycles. The van der Waals surface area contributed by atoms with Gasteiger partial charge in [-0.15, -0.1) is 0 Å². The first kappa shape index (κ1) is 15.5. The lowest BCUT2D eigenvalue weighted by atomic mass is 10.1. The number of carbonyl (C=O) groups excluding carboxylic acids is 1. The molecule has 0 unspecified atom stereocenters. The fourth-order valence-corrected chi connectivity index (χ4v) is 1.98. The minimum Gasteiger partial charge on any atom is -0.462 e. The van der Waals surface area contributed by atoms with E-state index in [1.807, 2.05) is 37.8 Å². The number of carbonyl (C=O) groups is 1. The Balaban J connectivity index is 2.17. The molecule has 1 aromatic carbocycles. The van der Waals surface area contributed by atoms with Gasteiger partial charge in [0.25, 0.3) is 11.9 Å². The van der Waals surface area contributed by atoms with Crippen molar-refractivity contribution in [3.63, 3.8) is 0 Å². The Morgan fingerprint density at radius 1 is 1.24 bits per heavy atom. The van der Waals surface area contributed by atoms with Crippen LogP contribution < -0.4 is 0 Å². The first-order valence-corrected chi connectivity index (χ1v) is 7.25. The number of rotatable bonds is 2. The Morgan fingerprint density at radius 2 is 1.86 bits per heavy atom. The zero-order chi connectivity index (χ0) is 15.2. The van der Waals surface area contributed by atoms with Gasteiger partial charge in [0.2, 0.25) is 0 Å². The third kappa shape index (κ3) is 4.56. The third-order valence-corrected chi connectivity index (χ3v) is 3.12. The van der Waals surface area contributed by atoms with Crippen LogP contribution in [0.2, 0.25) is 0 Å². The van der Waals surface area contributed by atoms with Gasteiger partial charge < -0.3 is 14.4 Å². The van der Waals surface area contributed by atoms with E-state index < -0.39 is 0 Å². The van der Waals surface area contributed by atoms with E-state index >= 15 is 0 Å². The lowest BCUT2D eigenvalue weighted by molar-refractivity contribution is 0.0498. The van der Waals surface area contributed by atoms with Crippen LogP contribution in [0.25, 0.3) is 0 Å². The van der Waals surface area contributed by atoms with Crippen LogP contribution in [0.1, 0.15) is 29.8 Å². The number of hydrogen-bond acceptors (Lipinski definition) is 3. The Hall–Kier alpha value is -1.88. The van der Waals surface area contributed by atoms with Gasteiger partial charge in [-0.05, 0) is 32.9 Å². The Bertz CT molecular complexity index is 503. The second kappa shape index (κ2) is 7.22. The van der Waals surface area contributed by atoms with E-state index in [-0.39, 0.29) is 12.0 Å². The second-order valence-electron chi connectivity index (χ2n) is 5.33. The van der Waals surface area contributed by atoms with E-state index in [0.29, 0.717) is 37.9 Å².